The van der Waals surface area contributed by atoms with E-state index in [0.717, 1.165) is 11.4 Å². The summed E-state index contributed by atoms with van der Waals surface area (Å²) in [6.45, 7) is 1.97. The monoisotopic (exact) mass is 194 g/mol. The molecule has 0 aliphatic rings. The van der Waals surface area contributed by atoms with Crippen molar-refractivity contribution in [2.24, 2.45) is 0 Å². The first-order valence-electron chi connectivity index (χ1n) is 2.93. The van der Waals surface area contributed by atoms with Crippen molar-refractivity contribution >= 4 is 30.5 Å². The van der Waals surface area contributed by atoms with Gasteiger partial charge in [0.05, 0.1) is 11.9 Å². The molecule has 1 rings (SSSR count). The second-order valence-corrected chi connectivity index (χ2v) is 1.94. The van der Waals surface area contributed by atoms with E-state index in [9.17, 15) is 0 Å². The molecule has 0 fully saturated rings. The van der Waals surface area contributed by atoms with Crippen molar-refractivity contribution in [3.05, 3.63) is 24.0 Å². The quantitative estimate of drug-likeness (QED) is 0.743. The van der Waals surface area contributed by atoms with Crippen LogP contribution in [0.2, 0.25) is 0 Å². The number of rotatable bonds is 1. The lowest BCUT2D eigenvalue weighted by Crippen LogP contribution is -1.88. The molecule has 64 valence electrons. The van der Waals surface area contributed by atoms with Gasteiger partial charge in [0.15, 0.2) is 0 Å². The largest absolute Gasteiger partial charge is 0.387 e. The summed E-state index contributed by atoms with van der Waals surface area (Å²) in [4.78, 5) is 4.09. The van der Waals surface area contributed by atoms with Gasteiger partial charge in [-0.1, -0.05) is 0 Å². The highest BCUT2D eigenvalue weighted by molar-refractivity contribution is 5.85. The molecule has 0 atom stereocenters. The van der Waals surface area contributed by atoms with E-state index in [-0.39, 0.29) is 24.8 Å². The van der Waals surface area contributed by atoms with Gasteiger partial charge in [0.2, 0.25) is 0 Å². The van der Waals surface area contributed by atoms with E-state index >= 15 is 0 Å². The highest BCUT2D eigenvalue weighted by atomic mass is 35.5. The fraction of sp³-hybridized carbons (Fsp3) is 0.286. The fourth-order valence-corrected chi connectivity index (χ4v) is 0.616. The number of pyridine rings is 1. The molecule has 1 aromatic rings. The smallest absolute Gasteiger partial charge is 0.0524 e. The zero-order chi connectivity index (χ0) is 6.69. The average Bonchev–Trinajstić information content (AvgIpc) is 1.90. The maximum absolute atomic E-state index is 4.09. The van der Waals surface area contributed by atoms with Crippen molar-refractivity contribution in [3.8, 4) is 0 Å². The van der Waals surface area contributed by atoms with Gasteiger partial charge in [0, 0.05) is 12.7 Å². The highest BCUT2D eigenvalue weighted by Gasteiger charge is 1.85. The van der Waals surface area contributed by atoms with E-state index in [1.54, 1.807) is 0 Å². The number of nitrogens with zero attached hydrogens (tertiary/aromatic N) is 1. The first kappa shape index (κ1) is 13.1. The van der Waals surface area contributed by atoms with Crippen LogP contribution in [0, 0.1) is 6.92 Å². The molecule has 0 unspecified atom stereocenters. The number of anilines is 1. The Bertz CT molecular complexity index is 186. The molecular formula is C7H12Cl2N2. The average molecular weight is 195 g/mol. The molecule has 4 heteroatoms. The molecule has 0 aliphatic heterocycles. The third-order valence-electron chi connectivity index (χ3n) is 1.20. The number of aryl methyl sites for hydroxylation is 1. The Morgan fingerprint density at radius 3 is 2.27 bits per heavy atom. The molecule has 1 heterocycles. The van der Waals surface area contributed by atoms with Gasteiger partial charge in [-0.15, -0.1) is 24.8 Å². The summed E-state index contributed by atoms with van der Waals surface area (Å²) in [5, 5.41) is 2.99. The normalized spacial score (nSPS) is 7.45. The van der Waals surface area contributed by atoms with Gasteiger partial charge >= 0.3 is 0 Å². The second-order valence-electron chi connectivity index (χ2n) is 1.94. The Hall–Kier alpha value is -0.470. The number of halogens is 2. The zero-order valence-corrected chi connectivity index (χ0v) is 8.13. The predicted molar refractivity (Wildman–Crippen MR) is 53.0 cm³/mol. The van der Waals surface area contributed by atoms with Crippen molar-refractivity contribution in [3.63, 3.8) is 0 Å². The lowest BCUT2D eigenvalue weighted by molar-refractivity contribution is 1.20. The van der Waals surface area contributed by atoms with Gasteiger partial charge < -0.3 is 5.32 Å². The minimum atomic E-state index is 0. The third kappa shape index (κ3) is 4.06. The van der Waals surface area contributed by atoms with E-state index in [1.807, 2.05) is 32.3 Å². The van der Waals surface area contributed by atoms with Crippen molar-refractivity contribution < 1.29 is 0 Å². The highest BCUT2D eigenvalue weighted by Crippen LogP contribution is 2.02. The maximum atomic E-state index is 4.09. The first-order valence-corrected chi connectivity index (χ1v) is 2.93. The molecule has 0 saturated heterocycles. The first-order chi connectivity index (χ1) is 4.33. The van der Waals surface area contributed by atoms with Crippen molar-refractivity contribution in [2.45, 2.75) is 6.92 Å². The molecule has 0 saturated carbocycles. The van der Waals surface area contributed by atoms with Crippen LogP contribution in [0.3, 0.4) is 0 Å². The standard InChI is InChI=1S/C7H10N2.2ClH/c1-6-3-4-7(8-2)5-9-6;;/h3-5,8H,1-2H3;2*1H. The summed E-state index contributed by atoms with van der Waals surface area (Å²) in [5.74, 6) is 0. The van der Waals surface area contributed by atoms with Gasteiger partial charge in [-0.25, -0.2) is 0 Å². The molecule has 0 amide bonds. The number of hydrogen-bond donors (Lipinski definition) is 1. The van der Waals surface area contributed by atoms with Crippen molar-refractivity contribution in [2.75, 3.05) is 12.4 Å². The number of hydrogen-bond acceptors (Lipinski definition) is 2. The molecular weight excluding hydrogens is 183 g/mol. The lowest BCUT2D eigenvalue weighted by atomic mass is 10.3. The van der Waals surface area contributed by atoms with Crippen molar-refractivity contribution in [1.29, 1.82) is 0 Å². The van der Waals surface area contributed by atoms with Gasteiger partial charge in [0.1, 0.15) is 0 Å². The molecule has 0 spiro atoms. The minimum absolute atomic E-state index is 0. The number of nitrogens with one attached hydrogen (secondary N) is 1. The van der Waals surface area contributed by atoms with Crippen LogP contribution in [0.25, 0.3) is 0 Å². The fourth-order valence-electron chi connectivity index (χ4n) is 0.616. The third-order valence-corrected chi connectivity index (χ3v) is 1.20. The van der Waals surface area contributed by atoms with Gasteiger partial charge in [0.25, 0.3) is 0 Å². The van der Waals surface area contributed by atoms with Crippen LogP contribution >= 0.6 is 24.8 Å². The van der Waals surface area contributed by atoms with Gasteiger partial charge in [-0.05, 0) is 19.1 Å². The van der Waals surface area contributed by atoms with Crippen molar-refractivity contribution in [1.82, 2.24) is 4.98 Å². The predicted octanol–water partition coefficient (Wildman–Crippen LogP) is 2.28. The van der Waals surface area contributed by atoms with Crippen LogP contribution in [0.4, 0.5) is 5.69 Å². The molecule has 1 aromatic heterocycles. The van der Waals surface area contributed by atoms with Crippen LogP contribution in [-0.2, 0) is 0 Å². The van der Waals surface area contributed by atoms with E-state index in [1.165, 1.54) is 0 Å². The van der Waals surface area contributed by atoms with E-state index in [4.69, 9.17) is 0 Å². The Morgan fingerprint density at radius 2 is 1.91 bits per heavy atom. The van der Waals surface area contributed by atoms with E-state index in [0.29, 0.717) is 0 Å². The van der Waals surface area contributed by atoms with Crippen LogP contribution in [0.15, 0.2) is 18.3 Å². The SMILES string of the molecule is CNc1ccc(C)nc1.Cl.Cl. The summed E-state index contributed by atoms with van der Waals surface area (Å²) >= 11 is 0. The maximum Gasteiger partial charge on any atom is 0.0524 e. The lowest BCUT2D eigenvalue weighted by Gasteiger charge is -1.96. The van der Waals surface area contributed by atoms with Crippen LogP contribution < -0.4 is 5.32 Å². The van der Waals surface area contributed by atoms with Crippen LogP contribution in [0.5, 0.6) is 0 Å². The topological polar surface area (TPSA) is 24.9 Å². The summed E-state index contributed by atoms with van der Waals surface area (Å²) in [6, 6.07) is 3.98. The van der Waals surface area contributed by atoms with Crippen LogP contribution in [0.1, 0.15) is 5.69 Å². The Labute approximate surface area is 79.2 Å². The molecule has 11 heavy (non-hydrogen) atoms. The molecule has 2 nitrogen and oxygen atoms in total. The molecule has 0 aliphatic carbocycles. The van der Waals surface area contributed by atoms with Gasteiger partial charge in [-0.2, -0.15) is 0 Å². The number of aromatic nitrogens is 1. The van der Waals surface area contributed by atoms with E-state index < -0.39 is 0 Å². The zero-order valence-electron chi connectivity index (χ0n) is 6.50. The minimum Gasteiger partial charge on any atom is -0.387 e. The molecule has 0 radical (unpaired) electrons. The molecule has 1 N–H and O–H groups in total. The summed E-state index contributed by atoms with van der Waals surface area (Å²) in [6.07, 6.45) is 1.81. The van der Waals surface area contributed by atoms with Gasteiger partial charge in [-0.3, -0.25) is 4.98 Å². The van der Waals surface area contributed by atoms with E-state index in [2.05, 4.69) is 10.3 Å². The Kier molecular flexibility index (Phi) is 7.47. The second kappa shape index (κ2) is 6.25. The summed E-state index contributed by atoms with van der Waals surface area (Å²) in [7, 11) is 1.88. The summed E-state index contributed by atoms with van der Waals surface area (Å²) in [5.41, 5.74) is 2.11. The summed E-state index contributed by atoms with van der Waals surface area (Å²) < 4.78 is 0. The Balaban J connectivity index is 0. The Morgan fingerprint density at radius 1 is 1.27 bits per heavy atom. The van der Waals surface area contributed by atoms with Crippen LogP contribution in [-0.4, -0.2) is 12.0 Å². The molecule has 0 bridgehead atoms. The molecule has 0 aromatic carbocycles.